The number of anilines is 1. The summed E-state index contributed by atoms with van der Waals surface area (Å²) in [7, 11) is 1.59. The highest BCUT2D eigenvalue weighted by Gasteiger charge is 2.38. The van der Waals surface area contributed by atoms with Crippen LogP contribution in [0.5, 0.6) is 5.75 Å². The van der Waals surface area contributed by atoms with Crippen LogP contribution >= 0.6 is 11.8 Å². The van der Waals surface area contributed by atoms with E-state index >= 15 is 0 Å². The molecule has 8 heteroatoms. The first-order valence-corrected chi connectivity index (χ1v) is 10.9. The van der Waals surface area contributed by atoms with Crippen LogP contribution in [0.3, 0.4) is 0 Å². The van der Waals surface area contributed by atoms with Crippen molar-refractivity contribution in [1.29, 1.82) is 0 Å². The number of rotatable bonds is 6. The molecule has 1 amide bonds. The summed E-state index contributed by atoms with van der Waals surface area (Å²) in [5.41, 5.74) is 6.35. The minimum atomic E-state index is -0.427. The molecule has 0 saturated carbocycles. The zero-order chi connectivity index (χ0) is 21.1. The summed E-state index contributed by atoms with van der Waals surface area (Å²) < 4.78 is 7.30. The molecule has 0 aliphatic carbocycles. The van der Waals surface area contributed by atoms with Crippen LogP contribution in [0, 0.1) is 6.92 Å². The second kappa shape index (κ2) is 8.79. The van der Waals surface area contributed by atoms with Crippen molar-refractivity contribution >= 4 is 23.4 Å². The molecule has 1 aliphatic rings. The Kier molecular flexibility index (Phi) is 5.94. The van der Waals surface area contributed by atoms with Gasteiger partial charge in [0.2, 0.25) is 11.1 Å². The van der Waals surface area contributed by atoms with Gasteiger partial charge < -0.3 is 15.5 Å². The van der Waals surface area contributed by atoms with Crippen molar-refractivity contribution in [3.63, 3.8) is 0 Å². The molecule has 2 N–H and O–H groups in total. The van der Waals surface area contributed by atoms with Crippen LogP contribution in [0.25, 0.3) is 0 Å². The van der Waals surface area contributed by atoms with Gasteiger partial charge in [-0.3, -0.25) is 4.79 Å². The molecule has 0 radical (unpaired) electrons. The number of carbonyl (C=O) groups is 1. The normalized spacial score (nSPS) is 17.7. The molecule has 0 spiro atoms. The summed E-state index contributed by atoms with van der Waals surface area (Å²) in [6.07, 6.45) is 1.79. The molecule has 3 aromatic rings. The molecule has 1 aromatic heterocycles. The molecule has 7 nitrogen and oxygen atoms in total. The third-order valence-electron chi connectivity index (χ3n) is 5.04. The van der Waals surface area contributed by atoms with Crippen LogP contribution in [0.2, 0.25) is 0 Å². The SMILES string of the molecule is CCCc1nnc2n1N[C@@H](c1ccc(C)cc1)[C@@H](C(=O)Nc1ccccc1OC)S2. The molecule has 0 bridgehead atoms. The number of aryl methyl sites for hydroxylation is 2. The van der Waals surface area contributed by atoms with Crippen LogP contribution < -0.4 is 15.5 Å². The van der Waals surface area contributed by atoms with Crippen LogP contribution in [0.15, 0.2) is 53.7 Å². The number of nitrogens with zero attached hydrogens (tertiary/aromatic N) is 3. The highest BCUT2D eigenvalue weighted by molar-refractivity contribution is 8.00. The van der Waals surface area contributed by atoms with Gasteiger partial charge in [-0.05, 0) is 31.0 Å². The van der Waals surface area contributed by atoms with Crippen molar-refractivity contribution in [1.82, 2.24) is 14.9 Å². The average molecular weight is 424 g/mol. The number of para-hydroxylation sites is 2. The molecule has 0 saturated heterocycles. The third-order valence-corrected chi connectivity index (χ3v) is 6.25. The highest BCUT2D eigenvalue weighted by Crippen LogP contribution is 2.38. The maximum absolute atomic E-state index is 13.3. The second-order valence-electron chi connectivity index (χ2n) is 7.23. The first-order valence-electron chi connectivity index (χ1n) is 9.98. The predicted octanol–water partition coefficient (Wildman–Crippen LogP) is 3.95. The van der Waals surface area contributed by atoms with Gasteiger partial charge in [0, 0.05) is 6.42 Å². The second-order valence-corrected chi connectivity index (χ2v) is 8.34. The zero-order valence-corrected chi connectivity index (χ0v) is 18.1. The van der Waals surface area contributed by atoms with Crippen LogP contribution in [-0.2, 0) is 11.2 Å². The molecule has 0 unspecified atom stereocenters. The van der Waals surface area contributed by atoms with Crippen molar-refractivity contribution < 1.29 is 9.53 Å². The van der Waals surface area contributed by atoms with E-state index in [-0.39, 0.29) is 11.9 Å². The highest BCUT2D eigenvalue weighted by atomic mass is 32.2. The largest absolute Gasteiger partial charge is 0.495 e. The summed E-state index contributed by atoms with van der Waals surface area (Å²) in [5.74, 6) is 1.38. The zero-order valence-electron chi connectivity index (χ0n) is 17.3. The Balaban J connectivity index is 1.67. The Morgan fingerprint density at radius 1 is 1.20 bits per heavy atom. The van der Waals surface area contributed by atoms with E-state index in [2.05, 4.69) is 59.1 Å². The average Bonchev–Trinajstić information content (AvgIpc) is 3.16. The number of carbonyl (C=O) groups excluding carboxylic acids is 1. The summed E-state index contributed by atoms with van der Waals surface area (Å²) >= 11 is 1.43. The maximum atomic E-state index is 13.3. The van der Waals surface area contributed by atoms with Crippen molar-refractivity contribution in [2.45, 2.75) is 43.1 Å². The topological polar surface area (TPSA) is 81.1 Å². The van der Waals surface area contributed by atoms with E-state index in [4.69, 9.17) is 4.74 Å². The van der Waals surface area contributed by atoms with Gasteiger partial charge in [-0.25, -0.2) is 4.68 Å². The van der Waals surface area contributed by atoms with Gasteiger partial charge in [-0.15, -0.1) is 10.2 Å². The Bertz CT molecular complexity index is 1030. The number of methoxy groups -OCH3 is 1. The molecular formula is C22H25N5O2S. The molecule has 4 rings (SSSR count). The first kappa shape index (κ1) is 20.3. The Hall–Kier alpha value is -3.00. The summed E-state index contributed by atoms with van der Waals surface area (Å²) in [6, 6.07) is 15.4. The Labute approximate surface area is 180 Å². The van der Waals surface area contributed by atoms with Gasteiger partial charge in [0.25, 0.3) is 0 Å². The van der Waals surface area contributed by atoms with Crippen molar-refractivity contribution in [3.8, 4) is 5.75 Å². The molecule has 30 heavy (non-hydrogen) atoms. The fraction of sp³-hybridized carbons (Fsp3) is 0.318. The van der Waals surface area contributed by atoms with E-state index in [1.165, 1.54) is 17.3 Å². The van der Waals surface area contributed by atoms with E-state index in [0.717, 1.165) is 24.2 Å². The fourth-order valence-corrected chi connectivity index (χ4v) is 4.56. The van der Waals surface area contributed by atoms with E-state index in [9.17, 15) is 4.79 Å². The minimum absolute atomic E-state index is 0.117. The molecule has 2 atom stereocenters. The van der Waals surface area contributed by atoms with Crippen LogP contribution in [0.1, 0.15) is 36.3 Å². The quantitative estimate of drug-likeness (QED) is 0.625. The predicted molar refractivity (Wildman–Crippen MR) is 119 cm³/mol. The minimum Gasteiger partial charge on any atom is -0.495 e. The lowest BCUT2D eigenvalue weighted by molar-refractivity contribution is -0.116. The standard InChI is InChI=1S/C22H25N5O2S/c1-4-7-18-24-25-22-27(18)26-19(15-12-10-14(2)11-13-15)20(30-22)21(28)23-16-8-5-6-9-17(16)29-3/h5-6,8-13,19-20,26H,4,7H2,1-3H3,(H,23,28)/t19-,20-/m0/s1. The van der Waals surface area contributed by atoms with Gasteiger partial charge in [0.05, 0.1) is 18.8 Å². The molecule has 1 aliphatic heterocycles. The lowest BCUT2D eigenvalue weighted by Crippen LogP contribution is -2.41. The third kappa shape index (κ3) is 4.00. The van der Waals surface area contributed by atoms with Gasteiger partial charge in [-0.1, -0.05) is 60.6 Å². The smallest absolute Gasteiger partial charge is 0.240 e. The summed E-state index contributed by atoms with van der Waals surface area (Å²) in [6.45, 7) is 4.16. The number of thioether (sulfide) groups is 1. The molecule has 0 fully saturated rings. The number of amides is 1. The van der Waals surface area contributed by atoms with Crippen LogP contribution in [0.4, 0.5) is 5.69 Å². The van der Waals surface area contributed by atoms with Crippen LogP contribution in [-0.4, -0.2) is 33.1 Å². The Morgan fingerprint density at radius 3 is 2.70 bits per heavy atom. The number of fused-ring (bicyclic) bond motifs is 1. The van der Waals surface area contributed by atoms with E-state index in [0.29, 0.717) is 16.6 Å². The summed E-state index contributed by atoms with van der Waals surface area (Å²) in [5, 5.41) is 11.9. The maximum Gasteiger partial charge on any atom is 0.240 e. The van der Waals surface area contributed by atoms with E-state index in [1.807, 2.05) is 28.9 Å². The van der Waals surface area contributed by atoms with Gasteiger partial charge in [0.15, 0.2) is 5.82 Å². The lowest BCUT2D eigenvalue weighted by Gasteiger charge is -2.33. The molecule has 2 heterocycles. The van der Waals surface area contributed by atoms with E-state index in [1.54, 1.807) is 7.11 Å². The van der Waals surface area contributed by atoms with Crippen molar-refractivity contribution in [3.05, 3.63) is 65.5 Å². The van der Waals surface area contributed by atoms with Gasteiger partial charge in [0.1, 0.15) is 11.0 Å². The molecular weight excluding hydrogens is 398 g/mol. The monoisotopic (exact) mass is 423 g/mol. The van der Waals surface area contributed by atoms with Gasteiger partial charge >= 0.3 is 0 Å². The first-order chi connectivity index (χ1) is 14.6. The fourth-order valence-electron chi connectivity index (χ4n) is 3.46. The number of benzene rings is 2. The Morgan fingerprint density at radius 2 is 1.97 bits per heavy atom. The van der Waals surface area contributed by atoms with Gasteiger partial charge in [-0.2, -0.15) is 0 Å². The number of ether oxygens (including phenoxy) is 1. The number of nitrogens with one attached hydrogen (secondary N) is 2. The number of aromatic nitrogens is 3. The number of hydrogen-bond donors (Lipinski definition) is 2. The van der Waals surface area contributed by atoms with E-state index < -0.39 is 5.25 Å². The number of hydrogen-bond acceptors (Lipinski definition) is 6. The lowest BCUT2D eigenvalue weighted by atomic mass is 10.0. The molecule has 156 valence electrons. The van der Waals surface area contributed by atoms with Crippen molar-refractivity contribution in [2.75, 3.05) is 17.9 Å². The van der Waals surface area contributed by atoms with Crippen molar-refractivity contribution in [2.24, 2.45) is 0 Å². The summed E-state index contributed by atoms with van der Waals surface area (Å²) in [4.78, 5) is 13.3. The molecule has 2 aromatic carbocycles.